The van der Waals surface area contributed by atoms with Gasteiger partial charge in [0.05, 0.1) is 19.4 Å². The molecule has 0 saturated carbocycles. The fourth-order valence-corrected chi connectivity index (χ4v) is 4.35. The summed E-state index contributed by atoms with van der Waals surface area (Å²) < 4.78 is 23.7. The molecule has 148 valence electrons. The van der Waals surface area contributed by atoms with Crippen LogP contribution < -0.4 is 0 Å². The molecule has 0 saturated heterocycles. The van der Waals surface area contributed by atoms with Crippen LogP contribution in [0.1, 0.15) is 72.1 Å². The average molecular weight is 415 g/mol. The number of hydrogen-bond acceptors (Lipinski definition) is 4. The van der Waals surface area contributed by atoms with E-state index in [1.165, 1.54) is 0 Å². The van der Waals surface area contributed by atoms with Gasteiger partial charge in [0.1, 0.15) is 5.75 Å². The molecule has 0 spiro atoms. The zero-order chi connectivity index (χ0) is 18.8. The van der Waals surface area contributed by atoms with Crippen molar-refractivity contribution >= 4 is 7.60 Å². The van der Waals surface area contributed by atoms with Crippen molar-refractivity contribution in [3.8, 4) is 5.75 Å². The maximum Gasteiger partial charge on any atom is 0.335 e. The monoisotopic (exact) mass is 414 g/mol. The molecule has 1 aromatic carbocycles. The topological polar surface area (TPSA) is 55.8 Å². The smallest absolute Gasteiger partial charge is 0.335 e. The summed E-state index contributed by atoms with van der Waals surface area (Å²) in [6, 6.07) is 3.85. The van der Waals surface area contributed by atoms with Crippen molar-refractivity contribution in [1.29, 1.82) is 0 Å². The van der Waals surface area contributed by atoms with Crippen LogP contribution >= 0.6 is 7.60 Å². The first-order valence-electron chi connectivity index (χ1n) is 8.59. The number of aromatic hydroxyl groups is 1. The first-order valence-corrected chi connectivity index (χ1v) is 10.3. The molecule has 0 radical (unpaired) electrons. The van der Waals surface area contributed by atoms with Gasteiger partial charge in [-0.1, -0.05) is 53.7 Å². The van der Waals surface area contributed by atoms with Crippen LogP contribution in [0.4, 0.5) is 0 Å². The SMILES string of the molecule is CCOP(=O)(Cc1cc(C(C)(C)C)c(O)c(C(C)(C)C)c1)OCC.[Ni]. The van der Waals surface area contributed by atoms with E-state index in [1.54, 1.807) is 0 Å². The predicted octanol–water partition coefficient (Wildman–Crippen LogP) is 5.75. The minimum atomic E-state index is -3.18. The molecule has 1 rings (SSSR count). The molecule has 0 bridgehead atoms. The van der Waals surface area contributed by atoms with Crippen molar-refractivity contribution in [1.82, 2.24) is 0 Å². The van der Waals surface area contributed by atoms with Crippen LogP contribution in [0.15, 0.2) is 12.1 Å². The summed E-state index contributed by atoms with van der Waals surface area (Å²) in [4.78, 5) is 0. The van der Waals surface area contributed by atoms with E-state index in [0.29, 0.717) is 19.0 Å². The third-order valence-electron chi connectivity index (χ3n) is 3.81. The summed E-state index contributed by atoms with van der Waals surface area (Å²) in [5, 5.41) is 10.8. The van der Waals surface area contributed by atoms with Crippen molar-refractivity contribution in [3.05, 3.63) is 28.8 Å². The molecule has 0 aliphatic heterocycles. The van der Waals surface area contributed by atoms with Gasteiger partial charge in [-0.15, -0.1) is 0 Å². The summed E-state index contributed by atoms with van der Waals surface area (Å²) in [5.41, 5.74) is 2.13. The van der Waals surface area contributed by atoms with E-state index >= 15 is 0 Å². The molecular formula is C19H33NiO4P. The van der Waals surface area contributed by atoms with Crippen molar-refractivity contribution in [2.24, 2.45) is 0 Å². The van der Waals surface area contributed by atoms with Crippen molar-refractivity contribution in [2.45, 2.75) is 72.4 Å². The van der Waals surface area contributed by atoms with Gasteiger partial charge < -0.3 is 14.2 Å². The average Bonchev–Trinajstić information content (AvgIpc) is 2.38. The first-order chi connectivity index (χ1) is 10.8. The quantitative estimate of drug-likeness (QED) is 0.475. The summed E-state index contributed by atoms with van der Waals surface area (Å²) in [6.45, 7) is 16.7. The van der Waals surface area contributed by atoms with E-state index < -0.39 is 7.60 Å². The van der Waals surface area contributed by atoms with E-state index in [0.717, 1.165) is 16.7 Å². The molecule has 0 fully saturated rings. The zero-order valence-corrected chi connectivity index (χ0v) is 18.6. The van der Waals surface area contributed by atoms with Crippen molar-refractivity contribution in [2.75, 3.05) is 13.2 Å². The van der Waals surface area contributed by atoms with E-state index in [9.17, 15) is 9.67 Å². The number of benzene rings is 1. The molecule has 0 amide bonds. The maximum absolute atomic E-state index is 12.9. The third-order valence-corrected chi connectivity index (χ3v) is 5.87. The van der Waals surface area contributed by atoms with Gasteiger partial charge >= 0.3 is 7.60 Å². The fraction of sp³-hybridized carbons (Fsp3) is 0.684. The Morgan fingerprint density at radius 1 is 0.920 bits per heavy atom. The van der Waals surface area contributed by atoms with Crippen LogP contribution in [0.2, 0.25) is 0 Å². The molecule has 0 aliphatic carbocycles. The zero-order valence-electron chi connectivity index (χ0n) is 16.7. The summed E-state index contributed by atoms with van der Waals surface area (Å²) in [5.74, 6) is 0.321. The Hall–Kier alpha value is -0.336. The maximum atomic E-state index is 12.9. The normalized spacial score (nSPS) is 12.8. The summed E-state index contributed by atoms with van der Waals surface area (Å²) >= 11 is 0. The van der Waals surface area contributed by atoms with Crippen LogP contribution in [0.3, 0.4) is 0 Å². The minimum absolute atomic E-state index is 0. The van der Waals surface area contributed by atoms with Crippen LogP contribution in [-0.4, -0.2) is 18.3 Å². The molecule has 1 aromatic rings. The minimum Gasteiger partial charge on any atom is -0.507 e. The van der Waals surface area contributed by atoms with Gasteiger partial charge in [0, 0.05) is 16.5 Å². The Bertz CT molecular complexity index is 570. The van der Waals surface area contributed by atoms with Crippen LogP contribution in [0.25, 0.3) is 0 Å². The Morgan fingerprint density at radius 3 is 1.56 bits per heavy atom. The largest absolute Gasteiger partial charge is 0.507 e. The predicted molar refractivity (Wildman–Crippen MR) is 100 cm³/mol. The van der Waals surface area contributed by atoms with Gasteiger partial charge in [-0.05, 0) is 41.4 Å². The first kappa shape index (κ1) is 24.7. The van der Waals surface area contributed by atoms with E-state index in [-0.39, 0.29) is 33.5 Å². The van der Waals surface area contributed by atoms with E-state index in [2.05, 4.69) is 41.5 Å². The van der Waals surface area contributed by atoms with Crippen LogP contribution in [0.5, 0.6) is 5.75 Å². The van der Waals surface area contributed by atoms with Crippen LogP contribution in [-0.2, 0) is 47.1 Å². The van der Waals surface area contributed by atoms with Crippen molar-refractivity contribution in [3.63, 3.8) is 0 Å². The third kappa shape index (κ3) is 6.72. The Labute approximate surface area is 163 Å². The number of hydrogen-bond donors (Lipinski definition) is 1. The van der Waals surface area contributed by atoms with Gasteiger partial charge in [0.25, 0.3) is 0 Å². The molecule has 0 unspecified atom stereocenters. The molecule has 4 nitrogen and oxygen atoms in total. The molecule has 0 aliphatic rings. The van der Waals surface area contributed by atoms with Gasteiger partial charge in [-0.3, -0.25) is 4.57 Å². The van der Waals surface area contributed by atoms with Gasteiger partial charge in [0.15, 0.2) is 0 Å². The van der Waals surface area contributed by atoms with Gasteiger partial charge in [0.2, 0.25) is 0 Å². The van der Waals surface area contributed by atoms with Crippen molar-refractivity contribution < 1.29 is 35.2 Å². The molecule has 1 N–H and O–H groups in total. The standard InChI is InChI=1S/C19H33O4P.Ni/c1-9-22-24(21,23-10-2)13-14-11-15(18(3,4)5)17(20)16(12-14)19(6,7)8;/h11-12,20H,9-10,13H2,1-8H3;. The number of rotatable bonds is 6. The van der Waals surface area contributed by atoms with E-state index in [1.807, 2.05) is 26.0 Å². The van der Waals surface area contributed by atoms with E-state index in [4.69, 9.17) is 9.05 Å². The fourth-order valence-electron chi connectivity index (χ4n) is 2.67. The molecule has 25 heavy (non-hydrogen) atoms. The second-order valence-electron chi connectivity index (χ2n) is 8.14. The summed E-state index contributed by atoms with van der Waals surface area (Å²) in [7, 11) is -3.18. The van der Waals surface area contributed by atoms with Gasteiger partial charge in [-0.25, -0.2) is 0 Å². The number of phenolic OH excluding ortho intramolecular Hbond substituents is 1. The molecule has 0 aromatic heterocycles. The second-order valence-corrected chi connectivity index (χ2v) is 10.2. The molecule has 0 atom stereocenters. The number of phenols is 1. The van der Waals surface area contributed by atoms with Crippen LogP contribution in [0, 0.1) is 0 Å². The van der Waals surface area contributed by atoms with Gasteiger partial charge in [-0.2, -0.15) is 0 Å². The Balaban J connectivity index is 0.00000576. The Morgan fingerprint density at radius 2 is 1.28 bits per heavy atom. The second kappa shape index (κ2) is 9.04. The Kier molecular flexibility index (Phi) is 8.92. The molecule has 6 heteroatoms. The molecular weight excluding hydrogens is 382 g/mol. The molecule has 0 heterocycles. The summed E-state index contributed by atoms with van der Waals surface area (Å²) in [6.07, 6.45) is 0.209.